The molecule has 1 aliphatic carbocycles. The molecule has 0 unspecified atom stereocenters. The van der Waals surface area contributed by atoms with Crippen molar-refractivity contribution in [2.45, 2.75) is 53.4 Å². The standard InChI is InChI=1S/C26H31NO2/c1-9-18(15(2)3)16(4)17(5)23-24(28)19(25(23)29)14-22-26(6,7)20-12-10-11-13-21(20)27(22)8/h10-14,28H,2,9H2,1,3-8H3/b18-16-,22-14-,23-17+. The third-order valence-electron chi connectivity index (χ3n) is 6.44. The molecule has 152 valence electrons. The fourth-order valence-corrected chi connectivity index (χ4v) is 4.60. The van der Waals surface area contributed by atoms with Gasteiger partial charge in [-0.25, -0.2) is 0 Å². The zero-order valence-electron chi connectivity index (χ0n) is 18.6. The molecule has 0 fully saturated rings. The SMILES string of the molecule is C=C(C)/C(CC)=C(C)\C(C)=C1\C(=O)C(/C=C2\N(C)c3ccccc3C2(C)C)=C1O. The number of aliphatic hydroxyl groups excluding tert-OH is 1. The maximum absolute atomic E-state index is 13.0. The Morgan fingerprint density at radius 1 is 1.21 bits per heavy atom. The van der Waals surface area contributed by atoms with Gasteiger partial charge in [0.05, 0.1) is 11.1 Å². The van der Waals surface area contributed by atoms with Crippen molar-refractivity contribution in [3.8, 4) is 0 Å². The number of aliphatic hydroxyl groups is 1. The van der Waals surface area contributed by atoms with E-state index in [1.807, 2.05) is 46.0 Å². The number of para-hydroxylation sites is 1. The molecule has 1 aromatic rings. The molecule has 1 N–H and O–H groups in total. The Hall–Kier alpha value is -2.81. The number of rotatable bonds is 4. The predicted octanol–water partition coefficient (Wildman–Crippen LogP) is 6.31. The van der Waals surface area contributed by atoms with E-state index in [4.69, 9.17) is 0 Å². The predicted molar refractivity (Wildman–Crippen MR) is 121 cm³/mol. The van der Waals surface area contributed by atoms with Crippen molar-refractivity contribution >= 4 is 11.5 Å². The Labute approximate surface area is 174 Å². The zero-order valence-corrected chi connectivity index (χ0v) is 18.6. The molecule has 0 saturated heterocycles. The van der Waals surface area contributed by atoms with Crippen LogP contribution in [-0.2, 0) is 10.2 Å². The molecule has 1 aliphatic heterocycles. The minimum absolute atomic E-state index is 0.0934. The summed E-state index contributed by atoms with van der Waals surface area (Å²) in [6.07, 6.45) is 2.70. The lowest BCUT2D eigenvalue weighted by molar-refractivity contribution is -0.113. The molecule has 1 aromatic carbocycles. The zero-order chi connectivity index (χ0) is 21.7. The van der Waals surface area contributed by atoms with E-state index < -0.39 is 0 Å². The molecule has 0 saturated carbocycles. The van der Waals surface area contributed by atoms with E-state index >= 15 is 0 Å². The van der Waals surface area contributed by atoms with Crippen molar-refractivity contribution < 1.29 is 9.90 Å². The highest BCUT2D eigenvalue weighted by molar-refractivity contribution is 6.21. The first kappa shape index (κ1) is 20.9. The number of benzene rings is 1. The number of fused-ring (bicyclic) bond motifs is 1. The van der Waals surface area contributed by atoms with Gasteiger partial charge in [0.1, 0.15) is 5.76 Å². The molecule has 1 heterocycles. The Bertz CT molecular complexity index is 1040. The first-order chi connectivity index (χ1) is 13.5. The van der Waals surface area contributed by atoms with Crippen LogP contribution in [0.15, 0.2) is 81.8 Å². The summed E-state index contributed by atoms with van der Waals surface area (Å²) in [5.41, 5.74) is 7.93. The van der Waals surface area contributed by atoms with Crippen molar-refractivity contribution in [2.24, 2.45) is 0 Å². The maximum Gasteiger partial charge on any atom is 0.200 e. The second kappa shape index (κ2) is 7.22. The molecule has 3 rings (SSSR count). The Kier molecular flexibility index (Phi) is 5.20. The number of nitrogens with zero attached hydrogens (tertiary/aromatic N) is 1. The second-order valence-corrected chi connectivity index (χ2v) is 8.56. The van der Waals surface area contributed by atoms with Gasteiger partial charge in [0, 0.05) is 23.8 Å². The van der Waals surface area contributed by atoms with E-state index in [2.05, 4.69) is 44.4 Å². The lowest BCUT2D eigenvalue weighted by Gasteiger charge is -2.28. The first-order valence-corrected chi connectivity index (χ1v) is 10.1. The Morgan fingerprint density at radius 3 is 2.34 bits per heavy atom. The second-order valence-electron chi connectivity index (χ2n) is 8.56. The van der Waals surface area contributed by atoms with Crippen molar-refractivity contribution in [2.75, 3.05) is 11.9 Å². The van der Waals surface area contributed by atoms with Crippen LogP contribution in [0.3, 0.4) is 0 Å². The summed E-state index contributed by atoms with van der Waals surface area (Å²) in [4.78, 5) is 15.1. The average molecular weight is 390 g/mol. The third-order valence-corrected chi connectivity index (χ3v) is 6.44. The summed E-state index contributed by atoms with van der Waals surface area (Å²) in [5, 5.41) is 10.8. The van der Waals surface area contributed by atoms with Crippen LogP contribution in [0.5, 0.6) is 0 Å². The minimum atomic E-state index is -0.238. The highest BCUT2D eigenvalue weighted by atomic mass is 16.3. The van der Waals surface area contributed by atoms with Crippen LogP contribution in [0.4, 0.5) is 5.69 Å². The molecule has 0 bridgehead atoms. The highest BCUT2D eigenvalue weighted by Gasteiger charge is 2.41. The smallest absolute Gasteiger partial charge is 0.200 e. The normalized spacial score (nSPS) is 21.8. The summed E-state index contributed by atoms with van der Waals surface area (Å²) in [7, 11) is 2.01. The van der Waals surface area contributed by atoms with Crippen molar-refractivity contribution in [1.29, 1.82) is 0 Å². The largest absolute Gasteiger partial charge is 0.506 e. The van der Waals surface area contributed by atoms with Gasteiger partial charge in [-0.05, 0) is 61.6 Å². The molecular formula is C26H31NO2. The summed E-state index contributed by atoms with van der Waals surface area (Å²) < 4.78 is 0. The molecule has 2 aliphatic rings. The number of anilines is 1. The topological polar surface area (TPSA) is 40.5 Å². The molecule has 0 amide bonds. The van der Waals surface area contributed by atoms with Crippen molar-refractivity contribution in [1.82, 2.24) is 0 Å². The number of ketones is 1. The van der Waals surface area contributed by atoms with Gasteiger partial charge < -0.3 is 10.0 Å². The van der Waals surface area contributed by atoms with E-state index in [0.29, 0.717) is 11.1 Å². The molecule has 0 aromatic heterocycles. The van der Waals surface area contributed by atoms with Gasteiger partial charge in [-0.15, -0.1) is 0 Å². The number of hydrogen-bond donors (Lipinski definition) is 1. The third kappa shape index (κ3) is 3.09. The van der Waals surface area contributed by atoms with E-state index in [0.717, 1.165) is 40.1 Å². The number of hydrogen-bond acceptors (Lipinski definition) is 3. The Balaban J connectivity index is 2.08. The van der Waals surface area contributed by atoms with E-state index in [-0.39, 0.29) is 17.0 Å². The van der Waals surface area contributed by atoms with Crippen LogP contribution in [-0.4, -0.2) is 17.9 Å². The summed E-state index contributed by atoms with van der Waals surface area (Å²) >= 11 is 0. The van der Waals surface area contributed by atoms with E-state index in [9.17, 15) is 9.90 Å². The van der Waals surface area contributed by atoms with Crippen LogP contribution in [0.25, 0.3) is 0 Å². The number of carbonyl (C=O) groups is 1. The van der Waals surface area contributed by atoms with Crippen LogP contribution in [0.2, 0.25) is 0 Å². The number of Topliss-reactive ketones (excluding diaryl/α,β-unsaturated/α-hetero) is 1. The van der Waals surface area contributed by atoms with Gasteiger partial charge in [0.2, 0.25) is 5.78 Å². The molecule has 0 spiro atoms. The van der Waals surface area contributed by atoms with Gasteiger partial charge in [-0.1, -0.05) is 51.1 Å². The minimum Gasteiger partial charge on any atom is -0.506 e. The van der Waals surface area contributed by atoms with Crippen LogP contribution in [0.1, 0.15) is 53.5 Å². The highest BCUT2D eigenvalue weighted by Crippen LogP contribution is 2.48. The fraction of sp³-hybridized carbons (Fsp3) is 0.346. The molecule has 0 radical (unpaired) electrons. The van der Waals surface area contributed by atoms with Crippen molar-refractivity contribution in [3.05, 3.63) is 87.4 Å². The molecule has 0 atom stereocenters. The van der Waals surface area contributed by atoms with Crippen LogP contribution < -0.4 is 4.90 Å². The van der Waals surface area contributed by atoms with Gasteiger partial charge in [0.15, 0.2) is 0 Å². The first-order valence-electron chi connectivity index (χ1n) is 10.1. The summed E-state index contributed by atoms with van der Waals surface area (Å²) in [5.74, 6) is 0.000786. The quantitative estimate of drug-likeness (QED) is 0.484. The Morgan fingerprint density at radius 2 is 1.83 bits per heavy atom. The van der Waals surface area contributed by atoms with Gasteiger partial charge in [-0.2, -0.15) is 0 Å². The molecule has 3 nitrogen and oxygen atoms in total. The number of carbonyl (C=O) groups excluding carboxylic acids is 1. The number of likely N-dealkylation sites (N-methyl/N-ethyl adjacent to an activating group) is 1. The molecular weight excluding hydrogens is 358 g/mol. The van der Waals surface area contributed by atoms with E-state index in [1.165, 1.54) is 5.56 Å². The van der Waals surface area contributed by atoms with E-state index in [1.54, 1.807) is 0 Å². The molecule has 29 heavy (non-hydrogen) atoms. The fourth-order valence-electron chi connectivity index (χ4n) is 4.60. The van der Waals surface area contributed by atoms with Crippen LogP contribution >= 0.6 is 0 Å². The van der Waals surface area contributed by atoms with Gasteiger partial charge in [0.25, 0.3) is 0 Å². The van der Waals surface area contributed by atoms with Crippen molar-refractivity contribution in [3.63, 3.8) is 0 Å². The monoisotopic (exact) mass is 389 g/mol. The summed E-state index contributed by atoms with van der Waals surface area (Å²) in [6, 6.07) is 8.26. The van der Waals surface area contributed by atoms with Gasteiger partial charge >= 0.3 is 0 Å². The average Bonchev–Trinajstić information content (AvgIpc) is 2.86. The lowest BCUT2D eigenvalue weighted by Crippen LogP contribution is -2.27. The van der Waals surface area contributed by atoms with Gasteiger partial charge in [-0.3, -0.25) is 4.79 Å². The number of allylic oxidation sites excluding steroid dienone is 8. The van der Waals surface area contributed by atoms with Crippen LogP contribution in [0, 0.1) is 0 Å². The molecule has 3 heteroatoms. The lowest BCUT2D eigenvalue weighted by atomic mass is 9.78. The maximum atomic E-state index is 13.0. The summed E-state index contributed by atoms with van der Waals surface area (Å²) in [6.45, 7) is 16.3.